The van der Waals surface area contributed by atoms with Gasteiger partial charge in [0.2, 0.25) is 5.91 Å². The highest BCUT2D eigenvalue weighted by Crippen LogP contribution is 2.29. The number of nitrogens with one attached hydrogen (secondary N) is 2. The predicted molar refractivity (Wildman–Crippen MR) is 94.0 cm³/mol. The lowest BCUT2D eigenvalue weighted by Crippen LogP contribution is -2.31. The van der Waals surface area contributed by atoms with Crippen molar-refractivity contribution in [2.75, 3.05) is 10.6 Å². The summed E-state index contributed by atoms with van der Waals surface area (Å²) in [5.41, 5.74) is 2.67. The monoisotopic (exact) mass is 336 g/mol. The lowest BCUT2D eigenvalue weighted by molar-refractivity contribution is -0.116. The largest absolute Gasteiger partial charge is 0.374 e. The van der Waals surface area contributed by atoms with Gasteiger partial charge in [-0.05, 0) is 43.2 Å². The molecule has 0 heterocycles. The summed E-state index contributed by atoms with van der Waals surface area (Å²) >= 11 is 12.0. The van der Waals surface area contributed by atoms with Gasteiger partial charge in [0.25, 0.3) is 0 Å². The zero-order valence-corrected chi connectivity index (χ0v) is 14.0. The van der Waals surface area contributed by atoms with Crippen LogP contribution in [-0.2, 0) is 11.2 Å². The molecule has 2 aromatic rings. The summed E-state index contributed by atoms with van der Waals surface area (Å²) in [7, 11) is 0. The van der Waals surface area contributed by atoms with E-state index in [1.54, 1.807) is 25.1 Å². The molecule has 0 aliphatic carbocycles. The lowest BCUT2D eigenvalue weighted by atomic mass is 10.1. The third-order valence-electron chi connectivity index (χ3n) is 3.35. The number of carbonyl (C=O) groups is 1. The first kappa shape index (κ1) is 16.7. The number of rotatable bonds is 5. The zero-order valence-electron chi connectivity index (χ0n) is 12.5. The van der Waals surface area contributed by atoms with Crippen molar-refractivity contribution >= 4 is 40.5 Å². The number of aryl methyl sites for hydroxylation is 1. The van der Waals surface area contributed by atoms with Crippen LogP contribution in [0.25, 0.3) is 0 Å². The fraction of sp³-hybridized carbons (Fsp3) is 0.235. The number of amides is 1. The van der Waals surface area contributed by atoms with E-state index in [0.29, 0.717) is 15.7 Å². The van der Waals surface area contributed by atoms with Crippen molar-refractivity contribution in [3.05, 3.63) is 58.1 Å². The van der Waals surface area contributed by atoms with Gasteiger partial charge in [0.05, 0.1) is 15.7 Å². The van der Waals surface area contributed by atoms with Crippen LogP contribution in [0.3, 0.4) is 0 Å². The summed E-state index contributed by atoms with van der Waals surface area (Å²) in [4.78, 5) is 12.2. The molecule has 2 N–H and O–H groups in total. The minimum Gasteiger partial charge on any atom is -0.374 e. The number of carbonyl (C=O) groups excluding carboxylic acids is 1. The van der Waals surface area contributed by atoms with Crippen LogP contribution in [-0.4, -0.2) is 11.9 Å². The molecule has 0 aliphatic rings. The summed E-state index contributed by atoms with van der Waals surface area (Å²) in [6.07, 6.45) is 0.990. The lowest BCUT2D eigenvalue weighted by Gasteiger charge is -2.16. The molecule has 3 nitrogen and oxygen atoms in total. The summed E-state index contributed by atoms with van der Waals surface area (Å²) in [6, 6.07) is 12.8. The van der Waals surface area contributed by atoms with Crippen LogP contribution >= 0.6 is 23.2 Å². The summed E-state index contributed by atoms with van der Waals surface area (Å²) in [5, 5.41) is 6.69. The molecular formula is C17H18Cl2N2O. The van der Waals surface area contributed by atoms with E-state index in [1.165, 1.54) is 5.56 Å². The van der Waals surface area contributed by atoms with E-state index in [9.17, 15) is 4.79 Å². The standard InChI is InChI=1S/C17H18Cl2N2O/c1-3-12-7-9-13(10-8-12)20-11(2)17(22)21-15-6-4-5-14(18)16(15)19/h4-11,20H,3H2,1-2H3,(H,21,22). The maximum absolute atomic E-state index is 12.2. The average Bonchev–Trinajstić information content (AvgIpc) is 2.52. The molecule has 0 radical (unpaired) electrons. The molecule has 0 saturated heterocycles. The van der Waals surface area contributed by atoms with Crippen LogP contribution in [0.15, 0.2) is 42.5 Å². The number of hydrogen-bond donors (Lipinski definition) is 2. The van der Waals surface area contributed by atoms with Crippen molar-refractivity contribution < 1.29 is 4.79 Å². The molecule has 2 aromatic carbocycles. The number of halogens is 2. The van der Waals surface area contributed by atoms with E-state index < -0.39 is 6.04 Å². The van der Waals surface area contributed by atoms with E-state index in [1.807, 2.05) is 24.3 Å². The Hall–Kier alpha value is -1.71. The number of benzene rings is 2. The minimum absolute atomic E-state index is 0.177. The van der Waals surface area contributed by atoms with Gasteiger partial charge >= 0.3 is 0 Å². The maximum atomic E-state index is 12.2. The quantitative estimate of drug-likeness (QED) is 0.806. The van der Waals surface area contributed by atoms with Crippen LogP contribution in [0.2, 0.25) is 10.0 Å². The molecule has 2 rings (SSSR count). The zero-order chi connectivity index (χ0) is 16.1. The van der Waals surface area contributed by atoms with Crippen LogP contribution in [0.5, 0.6) is 0 Å². The minimum atomic E-state index is -0.400. The molecule has 5 heteroatoms. The molecule has 1 amide bonds. The first-order valence-electron chi connectivity index (χ1n) is 7.11. The Morgan fingerprint density at radius 2 is 1.82 bits per heavy atom. The molecule has 0 spiro atoms. The number of anilines is 2. The molecule has 0 aromatic heterocycles. The highest BCUT2D eigenvalue weighted by molar-refractivity contribution is 6.44. The molecule has 116 valence electrons. The van der Waals surface area contributed by atoms with Gasteiger partial charge in [-0.3, -0.25) is 4.79 Å². The molecule has 0 aliphatic heterocycles. The normalized spacial score (nSPS) is 11.8. The Morgan fingerprint density at radius 3 is 2.45 bits per heavy atom. The molecule has 1 atom stereocenters. The maximum Gasteiger partial charge on any atom is 0.246 e. The molecule has 0 fully saturated rings. The van der Waals surface area contributed by atoms with Gasteiger partial charge in [0, 0.05) is 5.69 Å². The van der Waals surface area contributed by atoms with Gasteiger partial charge in [-0.25, -0.2) is 0 Å². The fourth-order valence-corrected chi connectivity index (χ4v) is 2.34. The van der Waals surface area contributed by atoms with Gasteiger partial charge < -0.3 is 10.6 Å². The second kappa shape index (κ2) is 7.52. The van der Waals surface area contributed by atoms with Gasteiger partial charge in [-0.2, -0.15) is 0 Å². The summed E-state index contributed by atoms with van der Waals surface area (Å²) < 4.78 is 0. The van der Waals surface area contributed by atoms with E-state index in [0.717, 1.165) is 12.1 Å². The van der Waals surface area contributed by atoms with Gasteiger partial charge in [0.1, 0.15) is 6.04 Å². The van der Waals surface area contributed by atoms with Crippen molar-refractivity contribution in [1.82, 2.24) is 0 Å². The smallest absolute Gasteiger partial charge is 0.246 e. The Balaban J connectivity index is 2.01. The molecule has 1 unspecified atom stereocenters. The van der Waals surface area contributed by atoms with Crippen LogP contribution in [0.4, 0.5) is 11.4 Å². The third-order valence-corrected chi connectivity index (χ3v) is 4.17. The SMILES string of the molecule is CCc1ccc(NC(C)C(=O)Nc2cccc(Cl)c2Cl)cc1. The second-order valence-corrected chi connectivity index (χ2v) is 5.79. The summed E-state index contributed by atoms with van der Waals surface area (Å²) in [5.74, 6) is -0.177. The van der Waals surface area contributed by atoms with Gasteiger partial charge in [-0.1, -0.05) is 48.3 Å². The van der Waals surface area contributed by atoms with Crippen LogP contribution in [0, 0.1) is 0 Å². The highest BCUT2D eigenvalue weighted by atomic mass is 35.5. The average molecular weight is 337 g/mol. The predicted octanol–water partition coefficient (Wildman–Crippen LogP) is 4.99. The van der Waals surface area contributed by atoms with E-state index in [4.69, 9.17) is 23.2 Å². The Bertz CT molecular complexity index is 656. The number of hydrogen-bond acceptors (Lipinski definition) is 2. The Kier molecular flexibility index (Phi) is 5.69. The van der Waals surface area contributed by atoms with Crippen molar-refractivity contribution in [3.8, 4) is 0 Å². The first-order valence-corrected chi connectivity index (χ1v) is 7.87. The first-order chi connectivity index (χ1) is 10.5. The second-order valence-electron chi connectivity index (χ2n) is 5.01. The van der Waals surface area contributed by atoms with E-state index in [-0.39, 0.29) is 5.91 Å². The van der Waals surface area contributed by atoms with Crippen molar-refractivity contribution in [2.45, 2.75) is 26.3 Å². The Morgan fingerprint density at radius 1 is 1.14 bits per heavy atom. The molecular weight excluding hydrogens is 319 g/mol. The van der Waals surface area contributed by atoms with Gasteiger partial charge in [-0.15, -0.1) is 0 Å². The summed E-state index contributed by atoms with van der Waals surface area (Å²) in [6.45, 7) is 3.90. The molecule has 22 heavy (non-hydrogen) atoms. The van der Waals surface area contributed by atoms with E-state index >= 15 is 0 Å². The third kappa shape index (κ3) is 4.15. The molecule has 0 saturated carbocycles. The van der Waals surface area contributed by atoms with E-state index in [2.05, 4.69) is 17.6 Å². The molecule has 0 bridgehead atoms. The topological polar surface area (TPSA) is 41.1 Å². The van der Waals surface area contributed by atoms with Crippen molar-refractivity contribution in [3.63, 3.8) is 0 Å². The highest BCUT2D eigenvalue weighted by Gasteiger charge is 2.15. The van der Waals surface area contributed by atoms with Crippen LogP contribution < -0.4 is 10.6 Å². The van der Waals surface area contributed by atoms with Crippen LogP contribution in [0.1, 0.15) is 19.4 Å². The van der Waals surface area contributed by atoms with Crippen molar-refractivity contribution in [1.29, 1.82) is 0 Å². The van der Waals surface area contributed by atoms with Gasteiger partial charge in [0.15, 0.2) is 0 Å². The fourth-order valence-electron chi connectivity index (χ4n) is 1.99. The Labute approximate surface area is 140 Å². The van der Waals surface area contributed by atoms with Crippen molar-refractivity contribution in [2.24, 2.45) is 0 Å².